The summed E-state index contributed by atoms with van der Waals surface area (Å²) in [6.07, 6.45) is 1.80. The van der Waals surface area contributed by atoms with Gasteiger partial charge in [0.2, 0.25) is 0 Å². The molecule has 1 heterocycles. The number of hydrogen-bond acceptors (Lipinski definition) is 5. The van der Waals surface area contributed by atoms with Crippen LogP contribution in [-0.2, 0) is 16.6 Å². The Bertz CT molecular complexity index is 1120. The number of aromatic nitrogens is 2. The second kappa shape index (κ2) is 6.50. The maximum atomic E-state index is 12.6. The third-order valence-corrected chi connectivity index (χ3v) is 5.39. The van der Waals surface area contributed by atoms with E-state index < -0.39 is 21.7 Å². The molecule has 10 heteroatoms. The van der Waals surface area contributed by atoms with Gasteiger partial charge in [0.15, 0.2) is 0 Å². The summed E-state index contributed by atoms with van der Waals surface area (Å²) in [5, 5.41) is 14.5. The first-order valence-electron chi connectivity index (χ1n) is 7.53. The predicted molar refractivity (Wildman–Crippen MR) is 97.9 cm³/mol. The van der Waals surface area contributed by atoms with E-state index in [1.54, 1.807) is 29.1 Å². The minimum Gasteiger partial charge on any atom is -0.506 e. The molecule has 0 aliphatic rings. The van der Waals surface area contributed by atoms with Crippen LogP contribution in [0.25, 0.3) is 10.9 Å². The highest BCUT2D eigenvalue weighted by Gasteiger charge is 2.21. The maximum absolute atomic E-state index is 12.6. The van der Waals surface area contributed by atoms with Gasteiger partial charge in [-0.3, -0.25) is 14.2 Å². The lowest BCUT2D eigenvalue weighted by Crippen LogP contribution is -2.16. The molecule has 3 rings (SSSR count). The molecule has 0 aliphatic carbocycles. The van der Waals surface area contributed by atoms with Crippen LogP contribution in [0.5, 0.6) is 5.75 Å². The minimum absolute atomic E-state index is 0.290. The van der Waals surface area contributed by atoms with Crippen LogP contribution in [0.2, 0.25) is 5.02 Å². The van der Waals surface area contributed by atoms with Crippen molar-refractivity contribution in [3.8, 4) is 5.75 Å². The van der Waals surface area contributed by atoms with Crippen molar-refractivity contribution in [3.05, 3.63) is 47.1 Å². The number of phenols is 1. The summed E-state index contributed by atoms with van der Waals surface area (Å²) in [6, 6.07) is 6.92. The molecule has 0 radical (unpaired) electrons. The lowest BCUT2D eigenvalue weighted by molar-refractivity contribution is 0.0997. The Morgan fingerprint density at radius 2 is 2.08 bits per heavy atom. The van der Waals surface area contributed by atoms with Crippen molar-refractivity contribution in [2.75, 3.05) is 4.72 Å². The van der Waals surface area contributed by atoms with Crippen molar-refractivity contribution in [2.24, 2.45) is 5.73 Å². The van der Waals surface area contributed by atoms with Gasteiger partial charge in [-0.2, -0.15) is 5.10 Å². The van der Waals surface area contributed by atoms with Crippen molar-refractivity contribution in [1.29, 1.82) is 0 Å². The van der Waals surface area contributed by atoms with Crippen molar-refractivity contribution >= 4 is 44.1 Å². The molecular weight excluding hydrogens is 380 g/mol. The molecule has 8 nitrogen and oxygen atoms in total. The van der Waals surface area contributed by atoms with E-state index in [0.717, 1.165) is 23.0 Å². The van der Waals surface area contributed by atoms with Crippen molar-refractivity contribution in [2.45, 2.75) is 18.4 Å². The number of sulfonamides is 1. The Labute approximate surface area is 154 Å². The zero-order valence-corrected chi connectivity index (χ0v) is 15.2. The first kappa shape index (κ1) is 18.0. The van der Waals surface area contributed by atoms with Crippen LogP contribution >= 0.6 is 11.6 Å². The molecule has 0 unspecified atom stereocenters. The molecule has 0 spiro atoms. The number of rotatable bonds is 5. The van der Waals surface area contributed by atoms with E-state index in [-0.39, 0.29) is 15.5 Å². The van der Waals surface area contributed by atoms with Gasteiger partial charge >= 0.3 is 0 Å². The fourth-order valence-electron chi connectivity index (χ4n) is 2.43. The topological polar surface area (TPSA) is 127 Å². The van der Waals surface area contributed by atoms with Gasteiger partial charge in [-0.15, -0.1) is 0 Å². The summed E-state index contributed by atoms with van der Waals surface area (Å²) in [5.41, 5.74) is 5.82. The number of amides is 1. The zero-order chi connectivity index (χ0) is 19.1. The average molecular weight is 395 g/mol. The fourth-order valence-corrected chi connectivity index (χ4v) is 3.82. The molecule has 2 aromatic carbocycles. The number of aromatic hydroxyl groups is 1. The largest absolute Gasteiger partial charge is 0.506 e. The van der Waals surface area contributed by atoms with Crippen LogP contribution < -0.4 is 10.5 Å². The van der Waals surface area contributed by atoms with Gasteiger partial charge in [0, 0.05) is 23.8 Å². The number of benzene rings is 2. The highest BCUT2D eigenvalue weighted by molar-refractivity contribution is 7.92. The van der Waals surface area contributed by atoms with E-state index in [1.807, 2.05) is 6.92 Å². The molecular formula is C16H15ClN4O4S. The fraction of sp³-hybridized carbons (Fsp3) is 0.125. The van der Waals surface area contributed by atoms with Gasteiger partial charge in [-0.25, -0.2) is 8.42 Å². The highest BCUT2D eigenvalue weighted by Crippen LogP contribution is 2.31. The minimum atomic E-state index is -4.06. The predicted octanol–water partition coefficient (Wildman–Crippen LogP) is 2.31. The molecule has 136 valence electrons. The average Bonchev–Trinajstić information content (AvgIpc) is 2.98. The number of nitrogens with zero attached hydrogens (tertiary/aromatic N) is 2. The van der Waals surface area contributed by atoms with Crippen molar-refractivity contribution in [3.63, 3.8) is 0 Å². The van der Waals surface area contributed by atoms with Gasteiger partial charge in [0.05, 0.1) is 21.0 Å². The van der Waals surface area contributed by atoms with Crippen LogP contribution in [-0.4, -0.2) is 29.2 Å². The molecule has 0 bridgehead atoms. The van der Waals surface area contributed by atoms with E-state index in [0.29, 0.717) is 12.2 Å². The molecule has 0 atom stereocenters. The second-order valence-corrected chi connectivity index (χ2v) is 7.62. The summed E-state index contributed by atoms with van der Waals surface area (Å²) in [5.74, 6) is -1.55. The molecule has 4 N–H and O–H groups in total. The quantitative estimate of drug-likeness (QED) is 0.611. The summed E-state index contributed by atoms with van der Waals surface area (Å²) < 4.78 is 29.4. The number of nitrogens with one attached hydrogen (secondary N) is 1. The van der Waals surface area contributed by atoms with E-state index in [1.165, 1.54) is 0 Å². The number of fused-ring (bicyclic) bond motifs is 1. The number of carbonyl (C=O) groups is 1. The van der Waals surface area contributed by atoms with Gasteiger partial charge < -0.3 is 10.8 Å². The molecule has 0 saturated heterocycles. The van der Waals surface area contributed by atoms with Crippen LogP contribution in [0.15, 0.2) is 41.4 Å². The second-order valence-electron chi connectivity index (χ2n) is 5.53. The molecule has 1 amide bonds. The lowest BCUT2D eigenvalue weighted by atomic mass is 10.2. The zero-order valence-electron chi connectivity index (χ0n) is 13.6. The van der Waals surface area contributed by atoms with E-state index in [9.17, 15) is 18.3 Å². The Balaban J connectivity index is 2.00. The van der Waals surface area contributed by atoms with E-state index in [2.05, 4.69) is 9.82 Å². The molecule has 0 saturated carbocycles. The van der Waals surface area contributed by atoms with Crippen LogP contribution in [0, 0.1) is 0 Å². The van der Waals surface area contributed by atoms with Crippen LogP contribution in [0.3, 0.4) is 0 Å². The summed E-state index contributed by atoms with van der Waals surface area (Å²) in [7, 11) is -4.06. The van der Waals surface area contributed by atoms with Crippen LogP contribution in [0.4, 0.5) is 5.69 Å². The standard InChI is InChI=1S/C16H15ClN4O4S/c1-2-21-8-9-5-10(3-4-14(9)19-21)20-26(24,25)11-6-12(16(18)23)15(22)13(17)7-11/h3-8,20,22H,2H2,1H3,(H2,18,23). The van der Waals surface area contributed by atoms with E-state index in [4.69, 9.17) is 17.3 Å². The number of aryl methyl sites for hydroxylation is 1. The third kappa shape index (κ3) is 3.31. The van der Waals surface area contributed by atoms with Gasteiger partial charge in [-0.1, -0.05) is 11.6 Å². The van der Waals surface area contributed by atoms with Gasteiger partial charge in [-0.05, 0) is 37.3 Å². The monoisotopic (exact) mass is 394 g/mol. The highest BCUT2D eigenvalue weighted by atomic mass is 35.5. The number of primary amides is 1. The Kier molecular flexibility index (Phi) is 4.51. The molecule has 0 aliphatic heterocycles. The summed E-state index contributed by atoms with van der Waals surface area (Å²) in [4.78, 5) is 11.1. The third-order valence-electron chi connectivity index (χ3n) is 3.74. The maximum Gasteiger partial charge on any atom is 0.261 e. The first-order valence-corrected chi connectivity index (χ1v) is 9.39. The summed E-state index contributed by atoms with van der Waals surface area (Å²) in [6.45, 7) is 2.64. The number of anilines is 1. The molecule has 1 aromatic heterocycles. The lowest BCUT2D eigenvalue weighted by Gasteiger charge is -2.11. The summed E-state index contributed by atoms with van der Waals surface area (Å²) >= 11 is 5.81. The number of carbonyl (C=O) groups excluding carboxylic acids is 1. The number of nitrogens with two attached hydrogens (primary N) is 1. The van der Waals surface area contributed by atoms with E-state index >= 15 is 0 Å². The normalized spacial score (nSPS) is 11.6. The Hall–Kier alpha value is -2.78. The van der Waals surface area contributed by atoms with Crippen molar-refractivity contribution < 1.29 is 18.3 Å². The first-order chi connectivity index (χ1) is 12.2. The van der Waals surface area contributed by atoms with Gasteiger partial charge in [0.25, 0.3) is 15.9 Å². The number of halogens is 1. The smallest absolute Gasteiger partial charge is 0.261 e. The SMILES string of the molecule is CCn1cc2cc(NS(=O)(=O)c3cc(Cl)c(O)c(C(N)=O)c3)ccc2n1. The van der Waals surface area contributed by atoms with Crippen molar-refractivity contribution in [1.82, 2.24) is 9.78 Å². The Morgan fingerprint density at radius 1 is 1.35 bits per heavy atom. The molecule has 0 fully saturated rings. The molecule has 3 aromatic rings. The Morgan fingerprint density at radius 3 is 2.73 bits per heavy atom. The van der Waals surface area contributed by atoms with Gasteiger partial charge in [0.1, 0.15) is 5.75 Å². The van der Waals surface area contributed by atoms with Crippen LogP contribution in [0.1, 0.15) is 17.3 Å². The molecule has 26 heavy (non-hydrogen) atoms. The number of hydrogen-bond donors (Lipinski definition) is 3.